The fraction of sp³-hybridized carbons (Fsp3) is 0.900. The molecule has 3 saturated heterocycles. The first kappa shape index (κ1) is 9.04. The van der Waals surface area contributed by atoms with E-state index in [4.69, 9.17) is 0 Å². The summed E-state index contributed by atoms with van der Waals surface area (Å²) in [5.41, 5.74) is 0.0590. The van der Waals surface area contributed by atoms with Gasteiger partial charge in [-0.05, 0) is 37.2 Å². The molecule has 0 bridgehead atoms. The summed E-state index contributed by atoms with van der Waals surface area (Å²) in [6.45, 7) is 1.12. The molecule has 0 radical (unpaired) electrons. The van der Waals surface area contributed by atoms with E-state index in [1.807, 2.05) is 11.8 Å². The standard InChI is InChI=1S/C10H16N2OS/c13-9-8-2-1-5-12(8)10(11-9)3-6-14-7-4-10/h8H,1-7H2,(H,11,13)/t8-/m0/s1. The van der Waals surface area contributed by atoms with Crippen LogP contribution in [0.2, 0.25) is 0 Å². The molecule has 1 N–H and O–H groups in total. The molecule has 3 aliphatic heterocycles. The van der Waals surface area contributed by atoms with E-state index in [1.54, 1.807) is 0 Å². The Morgan fingerprint density at radius 1 is 1.43 bits per heavy atom. The van der Waals surface area contributed by atoms with Gasteiger partial charge in [0.25, 0.3) is 0 Å². The number of amides is 1. The number of nitrogens with one attached hydrogen (secondary N) is 1. The van der Waals surface area contributed by atoms with Gasteiger partial charge in [0, 0.05) is 6.54 Å². The highest BCUT2D eigenvalue weighted by atomic mass is 32.2. The Bertz CT molecular complexity index is 263. The molecule has 0 aromatic rings. The molecule has 3 nitrogen and oxygen atoms in total. The van der Waals surface area contributed by atoms with Gasteiger partial charge in [0.15, 0.2) is 0 Å². The van der Waals surface area contributed by atoms with Crippen molar-refractivity contribution in [1.29, 1.82) is 0 Å². The van der Waals surface area contributed by atoms with Crippen molar-refractivity contribution < 1.29 is 4.79 Å². The molecule has 14 heavy (non-hydrogen) atoms. The summed E-state index contributed by atoms with van der Waals surface area (Å²) in [5.74, 6) is 2.68. The van der Waals surface area contributed by atoms with Gasteiger partial charge in [-0.1, -0.05) is 0 Å². The Morgan fingerprint density at radius 2 is 2.21 bits per heavy atom. The van der Waals surface area contributed by atoms with Gasteiger partial charge in [0.05, 0.1) is 11.7 Å². The van der Waals surface area contributed by atoms with Crippen LogP contribution in [0.1, 0.15) is 25.7 Å². The zero-order valence-electron chi connectivity index (χ0n) is 8.29. The first-order chi connectivity index (χ1) is 6.82. The third-order valence-electron chi connectivity index (χ3n) is 3.78. The molecular weight excluding hydrogens is 196 g/mol. The van der Waals surface area contributed by atoms with Crippen LogP contribution in [0.5, 0.6) is 0 Å². The van der Waals surface area contributed by atoms with E-state index in [-0.39, 0.29) is 17.6 Å². The molecule has 1 atom stereocenters. The van der Waals surface area contributed by atoms with Gasteiger partial charge in [0.1, 0.15) is 0 Å². The summed E-state index contributed by atoms with van der Waals surface area (Å²) in [6, 6.07) is 0.207. The average Bonchev–Trinajstić information content (AvgIpc) is 2.74. The quantitative estimate of drug-likeness (QED) is 0.645. The van der Waals surface area contributed by atoms with Crippen molar-refractivity contribution >= 4 is 17.7 Å². The second-order valence-corrected chi connectivity index (χ2v) is 5.71. The molecule has 1 spiro atoms. The van der Waals surface area contributed by atoms with Crippen LogP contribution in [-0.2, 0) is 4.79 Å². The van der Waals surface area contributed by atoms with Crippen LogP contribution in [0, 0.1) is 0 Å². The smallest absolute Gasteiger partial charge is 0.238 e. The molecule has 3 fully saturated rings. The van der Waals surface area contributed by atoms with Gasteiger partial charge in [-0.2, -0.15) is 11.8 Å². The highest BCUT2D eigenvalue weighted by molar-refractivity contribution is 7.99. The summed E-state index contributed by atoms with van der Waals surface area (Å²) in [6.07, 6.45) is 4.55. The predicted molar refractivity (Wildman–Crippen MR) is 57.2 cm³/mol. The van der Waals surface area contributed by atoms with E-state index in [0.717, 1.165) is 25.8 Å². The SMILES string of the molecule is O=C1NC2(CCSCC2)N2CCC[C@@H]12. The van der Waals surface area contributed by atoms with Gasteiger partial charge >= 0.3 is 0 Å². The summed E-state index contributed by atoms with van der Waals surface area (Å²) in [7, 11) is 0. The lowest BCUT2D eigenvalue weighted by Gasteiger charge is -2.40. The van der Waals surface area contributed by atoms with Crippen LogP contribution in [-0.4, -0.2) is 40.6 Å². The number of fused-ring (bicyclic) bond motifs is 2. The van der Waals surface area contributed by atoms with E-state index in [0.29, 0.717) is 0 Å². The number of carbonyl (C=O) groups is 1. The van der Waals surface area contributed by atoms with Gasteiger partial charge in [0.2, 0.25) is 5.91 Å². The van der Waals surface area contributed by atoms with Crippen LogP contribution in [0.4, 0.5) is 0 Å². The summed E-state index contributed by atoms with van der Waals surface area (Å²) >= 11 is 2.01. The molecule has 3 heterocycles. The number of hydrogen-bond acceptors (Lipinski definition) is 3. The predicted octanol–water partition coefficient (Wildman–Crippen LogP) is 0.804. The van der Waals surface area contributed by atoms with Crippen LogP contribution < -0.4 is 5.32 Å². The zero-order chi connectivity index (χ0) is 9.60. The van der Waals surface area contributed by atoms with Crippen molar-refractivity contribution in [3.63, 3.8) is 0 Å². The minimum Gasteiger partial charge on any atom is -0.336 e. The molecule has 0 aromatic heterocycles. The number of thioether (sulfide) groups is 1. The second-order valence-electron chi connectivity index (χ2n) is 4.48. The van der Waals surface area contributed by atoms with Crippen molar-refractivity contribution in [2.45, 2.75) is 37.4 Å². The van der Waals surface area contributed by atoms with E-state index in [9.17, 15) is 4.79 Å². The molecule has 4 heteroatoms. The van der Waals surface area contributed by atoms with Crippen molar-refractivity contribution in [1.82, 2.24) is 10.2 Å². The Hall–Kier alpha value is -0.220. The third kappa shape index (κ3) is 1.13. The van der Waals surface area contributed by atoms with Gasteiger partial charge < -0.3 is 5.32 Å². The zero-order valence-corrected chi connectivity index (χ0v) is 9.11. The highest BCUT2D eigenvalue weighted by Crippen LogP contribution is 2.39. The first-order valence-electron chi connectivity index (χ1n) is 5.48. The molecule has 0 unspecified atom stereocenters. The number of carbonyl (C=O) groups excluding carboxylic acids is 1. The number of rotatable bonds is 0. The molecular formula is C10H16N2OS. The van der Waals surface area contributed by atoms with Crippen molar-refractivity contribution in [3.8, 4) is 0 Å². The van der Waals surface area contributed by atoms with Crippen LogP contribution in [0.15, 0.2) is 0 Å². The Kier molecular flexibility index (Phi) is 2.02. The minimum atomic E-state index is 0.0590. The molecule has 3 rings (SSSR count). The van der Waals surface area contributed by atoms with E-state index in [2.05, 4.69) is 10.2 Å². The van der Waals surface area contributed by atoms with E-state index >= 15 is 0 Å². The maximum atomic E-state index is 11.8. The van der Waals surface area contributed by atoms with E-state index in [1.165, 1.54) is 17.9 Å². The van der Waals surface area contributed by atoms with Crippen LogP contribution in [0.3, 0.4) is 0 Å². The van der Waals surface area contributed by atoms with Crippen molar-refractivity contribution in [2.75, 3.05) is 18.1 Å². The molecule has 1 amide bonds. The topological polar surface area (TPSA) is 32.3 Å². The fourth-order valence-electron chi connectivity index (χ4n) is 3.06. The van der Waals surface area contributed by atoms with E-state index < -0.39 is 0 Å². The average molecular weight is 212 g/mol. The highest BCUT2D eigenvalue weighted by Gasteiger charge is 2.52. The maximum Gasteiger partial charge on any atom is 0.238 e. The Balaban J connectivity index is 1.88. The normalized spacial score (nSPS) is 36.0. The first-order valence-corrected chi connectivity index (χ1v) is 6.64. The lowest BCUT2D eigenvalue weighted by atomic mass is 10.0. The number of hydrogen-bond donors (Lipinski definition) is 1. The van der Waals surface area contributed by atoms with Gasteiger partial charge in [-0.25, -0.2) is 0 Å². The lowest BCUT2D eigenvalue weighted by molar-refractivity contribution is -0.121. The van der Waals surface area contributed by atoms with Crippen LogP contribution in [0.25, 0.3) is 0 Å². The second kappa shape index (κ2) is 3.14. The molecule has 78 valence electrons. The Morgan fingerprint density at radius 3 is 3.00 bits per heavy atom. The monoisotopic (exact) mass is 212 g/mol. The molecule has 0 aromatic carbocycles. The van der Waals surface area contributed by atoms with Gasteiger partial charge in [-0.15, -0.1) is 0 Å². The summed E-state index contributed by atoms with van der Waals surface area (Å²) in [5, 5.41) is 3.24. The third-order valence-corrected chi connectivity index (χ3v) is 4.77. The van der Waals surface area contributed by atoms with Crippen molar-refractivity contribution in [3.05, 3.63) is 0 Å². The van der Waals surface area contributed by atoms with Crippen LogP contribution >= 0.6 is 11.8 Å². The molecule has 0 aliphatic carbocycles. The van der Waals surface area contributed by atoms with Crippen molar-refractivity contribution in [2.24, 2.45) is 0 Å². The summed E-state index contributed by atoms with van der Waals surface area (Å²) in [4.78, 5) is 14.2. The maximum absolute atomic E-state index is 11.8. The Labute approximate surface area is 88.6 Å². The summed E-state index contributed by atoms with van der Waals surface area (Å²) < 4.78 is 0. The lowest BCUT2D eigenvalue weighted by Crippen LogP contribution is -2.54. The number of nitrogens with zero attached hydrogens (tertiary/aromatic N) is 1. The largest absolute Gasteiger partial charge is 0.336 e. The molecule has 3 aliphatic rings. The fourth-order valence-corrected chi connectivity index (χ4v) is 4.23. The molecule has 0 saturated carbocycles. The minimum absolute atomic E-state index is 0.0590. The van der Waals surface area contributed by atoms with Gasteiger partial charge in [-0.3, -0.25) is 9.69 Å².